The molecule has 4 heteroatoms. The summed E-state index contributed by atoms with van der Waals surface area (Å²) < 4.78 is 5.72. The smallest absolute Gasteiger partial charge is 0.138 e. The van der Waals surface area contributed by atoms with Crippen LogP contribution in [0, 0.1) is 6.92 Å². The predicted octanol–water partition coefficient (Wildman–Crippen LogP) is 4.44. The van der Waals surface area contributed by atoms with Crippen molar-refractivity contribution in [3.8, 4) is 5.75 Å². The third kappa shape index (κ3) is 4.14. The topological polar surface area (TPSA) is 34.1 Å². The maximum atomic E-state index is 6.22. The van der Waals surface area contributed by atoms with Gasteiger partial charge < -0.3 is 10.1 Å². The van der Waals surface area contributed by atoms with Crippen molar-refractivity contribution >= 4 is 17.3 Å². The molecule has 1 heterocycles. The molecule has 0 atom stereocenters. The minimum atomic E-state index is 0.372. The van der Waals surface area contributed by atoms with Crippen LogP contribution in [0.25, 0.3) is 0 Å². The van der Waals surface area contributed by atoms with Crippen LogP contribution in [0.1, 0.15) is 25.1 Å². The monoisotopic (exact) mass is 290 g/mol. The van der Waals surface area contributed by atoms with Gasteiger partial charge in [-0.25, -0.2) is 0 Å². The number of hydrogen-bond donors (Lipinski definition) is 1. The van der Waals surface area contributed by atoms with Crippen molar-refractivity contribution < 1.29 is 4.74 Å². The van der Waals surface area contributed by atoms with Crippen molar-refractivity contribution in [2.24, 2.45) is 0 Å². The molecule has 0 saturated carbocycles. The van der Waals surface area contributed by atoms with Crippen molar-refractivity contribution in [1.82, 2.24) is 4.98 Å². The number of benzene rings is 1. The number of nitrogens with one attached hydrogen (secondary N) is 1. The molecule has 0 spiro atoms. The number of aromatic nitrogens is 1. The van der Waals surface area contributed by atoms with E-state index in [1.165, 1.54) is 0 Å². The van der Waals surface area contributed by atoms with Crippen LogP contribution in [-0.2, 0) is 6.61 Å². The third-order valence-corrected chi connectivity index (χ3v) is 3.05. The maximum Gasteiger partial charge on any atom is 0.138 e. The Labute approximate surface area is 124 Å². The first-order valence-electron chi connectivity index (χ1n) is 6.65. The quantitative estimate of drug-likeness (QED) is 0.884. The van der Waals surface area contributed by atoms with Crippen LogP contribution in [-0.4, -0.2) is 11.0 Å². The van der Waals surface area contributed by atoms with Gasteiger partial charge in [0.15, 0.2) is 0 Å². The molecule has 0 saturated heterocycles. The first-order chi connectivity index (χ1) is 9.54. The zero-order chi connectivity index (χ0) is 14.5. The highest BCUT2D eigenvalue weighted by molar-refractivity contribution is 6.32. The summed E-state index contributed by atoms with van der Waals surface area (Å²) in [6.45, 7) is 6.59. The number of pyridine rings is 1. The lowest BCUT2D eigenvalue weighted by Crippen LogP contribution is -2.09. The van der Waals surface area contributed by atoms with Gasteiger partial charge in [-0.3, -0.25) is 4.98 Å². The first kappa shape index (κ1) is 14.7. The van der Waals surface area contributed by atoms with Crippen LogP contribution in [0.4, 0.5) is 5.69 Å². The summed E-state index contributed by atoms with van der Waals surface area (Å²) in [5.41, 5.74) is 3.02. The normalized spacial score (nSPS) is 10.7. The second-order valence-corrected chi connectivity index (χ2v) is 5.45. The highest BCUT2D eigenvalue weighted by Crippen LogP contribution is 2.28. The molecule has 2 rings (SSSR count). The standard InChI is InChI=1S/C16H19ClN2O/c1-11(2)19-14-6-7-16(15(17)8-14)20-10-13-5-4-12(3)18-9-13/h4-9,11,19H,10H2,1-3H3. The van der Waals surface area contributed by atoms with Crippen LogP contribution >= 0.6 is 11.6 Å². The predicted molar refractivity (Wildman–Crippen MR) is 83.5 cm³/mol. The van der Waals surface area contributed by atoms with Gasteiger partial charge in [0, 0.05) is 29.2 Å². The average molecular weight is 291 g/mol. The fraction of sp³-hybridized carbons (Fsp3) is 0.312. The van der Waals surface area contributed by atoms with Gasteiger partial charge in [0.05, 0.1) is 5.02 Å². The van der Waals surface area contributed by atoms with Crippen LogP contribution in [0.3, 0.4) is 0 Å². The Morgan fingerprint density at radius 1 is 1.25 bits per heavy atom. The van der Waals surface area contributed by atoms with E-state index >= 15 is 0 Å². The fourth-order valence-electron chi connectivity index (χ4n) is 1.79. The van der Waals surface area contributed by atoms with E-state index in [0.717, 1.165) is 16.9 Å². The molecule has 0 amide bonds. The van der Waals surface area contributed by atoms with Gasteiger partial charge >= 0.3 is 0 Å². The molecule has 1 aromatic heterocycles. The van der Waals surface area contributed by atoms with E-state index in [0.29, 0.717) is 23.4 Å². The van der Waals surface area contributed by atoms with E-state index in [2.05, 4.69) is 24.1 Å². The van der Waals surface area contributed by atoms with Crippen LogP contribution in [0.5, 0.6) is 5.75 Å². The van der Waals surface area contributed by atoms with Crippen LogP contribution in [0.15, 0.2) is 36.5 Å². The van der Waals surface area contributed by atoms with Gasteiger partial charge in [-0.2, -0.15) is 0 Å². The summed E-state index contributed by atoms with van der Waals surface area (Å²) in [4.78, 5) is 4.24. The minimum absolute atomic E-state index is 0.372. The van der Waals surface area contributed by atoms with E-state index in [-0.39, 0.29) is 0 Å². The van der Waals surface area contributed by atoms with E-state index in [9.17, 15) is 0 Å². The maximum absolute atomic E-state index is 6.22. The summed E-state index contributed by atoms with van der Waals surface area (Å²) >= 11 is 6.22. The molecule has 0 aliphatic heterocycles. The Morgan fingerprint density at radius 3 is 2.65 bits per heavy atom. The Balaban J connectivity index is 2.01. The number of nitrogens with zero attached hydrogens (tertiary/aromatic N) is 1. The lowest BCUT2D eigenvalue weighted by molar-refractivity contribution is 0.306. The van der Waals surface area contributed by atoms with Crippen LogP contribution < -0.4 is 10.1 Å². The van der Waals surface area contributed by atoms with Gasteiger partial charge in [0.1, 0.15) is 12.4 Å². The summed E-state index contributed by atoms with van der Waals surface area (Å²) in [7, 11) is 0. The molecule has 0 radical (unpaired) electrons. The zero-order valence-electron chi connectivity index (χ0n) is 12.0. The molecule has 0 aliphatic rings. The molecule has 1 aromatic carbocycles. The van der Waals surface area contributed by atoms with Gasteiger partial charge in [0.2, 0.25) is 0 Å². The molecular weight excluding hydrogens is 272 g/mol. The van der Waals surface area contributed by atoms with Gasteiger partial charge in [-0.05, 0) is 45.0 Å². The zero-order valence-corrected chi connectivity index (χ0v) is 12.7. The van der Waals surface area contributed by atoms with E-state index in [1.54, 1.807) is 0 Å². The van der Waals surface area contributed by atoms with Gasteiger partial charge in [-0.1, -0.05) is 17.7 Å². The SMILES string of the molecule is Cc1ccc(COc2ccc(NC(C)C)cc2Cl)cn1. The number of rotatable bonds is 5. The minimum Gasteiger partial charge on any atom is -0.487 e. The van der Waals surface area contributed by atoms with Crippen molar-refractivity contribution in [2.45, 2.75) is 33.4 Å². The van der Waals surface area contributed by atoms with Gasteiger partial charge in [0.25, 0.3) is 0 Å². The molecule has 0 unspecified atom stereocenters. The molecule has 106 valence electrons. The number of halogens is 1. The third-order valence-electron chi connectivity index (χ3n) is 2.75. The first-order valence-corrected chi connectivity index (χ1v) is 7.03. The van der Waals surface area contributed by atoms with Crippen molar-refractivity contribution in [2.75, 3.05) is 5.32 Å². The lowest BCUT2D eigenvalue weighted by atomic mass is 10.2. The fourth-order valence-corrected chi connectivity index (χ4v) is 2.02. The summed E-state index contributed by atoms with van der Waals surface area (Å²) in [6.07, 6.45) is 1.82. The number of hydrogen-bond acceptors (Lipinski definition) is 3. The molecule has 20 heavy (non-hydrogen) atoms. The second kappa shape index (κ2) is 6.62. The molecule has 0 bridgehead atoms. The number of anilines is 1. The van der Waals surface area contributed by atoms with Gasteiger partial charge in [-0.15, -0.1) is 0 Å². The highest BCUT2D eigenvalue weighted by Gasteiger charge is 2.04. The van der Waals surface area contributed by atoms with Crippen LogP contribution in [0.2, 0.25) is 5.02 Å². The highest BCUT2D eigenvalue weighted by atomic mass is 35.5. The van der Waals surface area contributed by atoms with Crippen molar-refractivity contribution in [3.05, 3.63) is 52.8 Å². The summed E-state index contributed by atoms with van der Waals surface area (Å²) in [5, 5.41) is 3.91. The Morgan fingerprint density at radius 2 is 2.05 bits per heavy atom. The molecule has 1 N–H and O–H groups in total. The second-order valence-electron chi connectivity index (χ2n) is 5.04. The summed E-state index contributed by atoms with van der Waals surface area (Å²) in [6, 6.07) is 10.1. The summed E-state index contributed by atoms with van der Waals surface area (Å²) in [5.74, 6) is 0.682. The Bertz CT molecular complexity index is 567. The largest absolute Gasteiger partial charge is 0.487 e. The van der Waals surface area contributed by atoms with Crippen molar-refractivity contribution in [1.29, 1.82) is 0 Å². The van der Waals surface area contributed by atoms with E-state index < -0.39 is 0 Å². The number of ether oxygens (including phenoxy) is 1. The number of aryl methyl sites for hydroxylation is 1. The molecule has 3 nitrogen and oxygen atoms in total. The lowest BCUT2D eigenvalue weighted by Gasteiger charge is -2.13. The Kier molecular flexibility index (Phi) is 4.85. The van der Waals surface area contributed by atoms with Crippen molar-refractivity contribution in [3.63, 3.8) is 0 Å². The molecule has 0 fully saturated rings. The van der Waals surface area contributed by atoms with E-state index in [4.69, 9.17) is 16.3 Å². The Hall–Kier alpha value is -1.74. The molecule has 2 aromatic rings. The average Bonchev–Trinajstić information content (AvgIpc) is 2.39. The van der Waals surface area contributed by atoms with E-state index in [1.807, 2.05) is 43.5 Å². The molecular formula is C16H19ClN2O. The molecule has 0 aliphatic carbocycles.